The maximum atomic E-state index is 13.0. The highest BCUT2D eigenvalue weighted by Crippen LogP contribution is 2.43. The molecule has 0 aliphatic carbocycles. The first-order valence-corrected chi connectivity index (χ1v) is 30.6. The van der Waals surface area contributed by atoms with Crippen molar-refractivity contribution in [3.8, 4) is 0 Å². The van der Waals surface area contributed by atoms with Crippen LogP contribution in [0.2, 0.25) is 0 Å². The molecule has 0 heterocycles. The van der Waals surface area contributed by atoms with Crippen molar-refractivity contribution in [1.29, 1.82) is 0 Å². The van der Waals surface area contributed by atoms with Crippen molar-refractivity contribution >= 4 is 13.7 Å². The third kappa shape index (κ3) is 53.8. The van der Waals surface area contributed by atoms with Crippen LogP contribution in [-0.4, -0.2) is 73.4 Å². The molecule has 0 radical (unpaired) electrons. The number of aliphatic hydroxyl groups excluding tert-OH is 1. The Morgan fingerprint density at radius 1 is 0.507 bits per heavy atom. The van der Waals surface area contributed by atoms with E-state index >= 15 is 0 Å². The molecule has 8 nitrogen and oxygen atoms in total. The second-order valence-electron chi connectivity index (χ2n) is 21.0. The molecule has 0 fully saturated rings. The van der Waals surface area contributed by atoms with E-state index in [0.29, 0.717) is 23.9 Å². The topological polar surface area (TPSA) is 105 Å². The zero-order valence-corrected chi connectivity index (χ0v) is 46.9. The highest BCUT2D eigenvalue weighted by Gasteiger charge is 2.28. The smallest absolute Gasteiger partial charge is 0.391 e. The first kappa shape index (κ1) is 67.2. The molecule has 0 aromatic rings. The molecule has 3 unspecified atom stereocenters. The molecule has 0 spiro atoms. The van der Waals surface area contributed by atoms with Gasteiger partial charge in [0.2, 0.25) is 5.91 Å². The predicted octanol–water partition coefficient (Wildman–Crippen LogP) is 17.7. The number of hydrogen-bond acceptors (Lipinski definition) is 5. The van der Waals surface area contributed by atoms with Gasteiger partial charge in [0.05, 0.1) is 39.9 Å². The minimum atomic E-state index is -4.33. The molecule has 0 saturated carbocycles. The molecular formula is C60H114N2O6P+. The molecule has 69 heavy (non-hydrogen) atoms. The maximum absolute atomic E-state index is 13.0. The van der Waals surface area contributed by atoms with E-state index in [4.69, 9.17) is 9.05 Å². The lowest BCUT2D eigenvalue weighted by atomic mass is 10.0. The average Bonchev–Trinajstić information content (AvgIpc) is 3.31. The molecule has 0 aromatic carbocycles. The maximum Gasteiger partial charge on any atom is 0.472 e. The van der Waals surface area contributed by atoms with Gasteiger partial charge in [-0.3, -0.25) is 13.8 Å². The van der Waals surface area contributed by atoms with E-state index in [1.165, 1.54) is 148 Å². The van der Waals surface area contributed by atoms with E-state index in [0.717, 1.165) is 89.9 Å². The Labute approximate surface area is 428 Å². The molecule has 0 rings (SSSR count). The van der Waals surface area contributed by atoms with Crippen LogP contribution in [0.3, 0.4) is 0 Å². The number of allylic oxidation sites excluding steroid dienone is 10. The summed E-state index contributed by atoms with van der Waals surface area (Å²) < 4.78 is 23.8. The Morgan fingerprint density at radius 3 is 1.28 bits per heavy atom. The third-order valence-corrected chi connectivity index (χ3v) is 14.0. The largest absolute Gasteiger partial charge is 0.472 e. The van der Waals surface area contributed by atoms with Crippen molar-refractivity contribution in [2.75, 3.05) is 40.9 Å². The Kier molecular flexibility index (Phi) is 49.8. The molecule has 0 aliphatic heterocycles. The number of quaternary nitrogens is 1. The summed E-state index contributed by atoms with van der Waals surface area (Å²) in [5.41, 5.74) is 0. The lowest BCUT2D eigenvalue weighted by Gasteiger charge is -2.26. The van der Waals surface area contributed by atoms with Crippen LogP contribution in [0.4, 0.5) is 0 Å². The minimum Gasteiger partial charge on any atom is -0.391 e. The predicted molar refractivity (Wildman–Crippen MR) is 300 cm³/mol. The number of hydrogen-bond donors (Lipinski definition) is 3. The van der Waals surface area contributed by atoms with Gasteiger partial charge in [0.15, 0.2) is 0 Å². The van der Waals surface area contributed by atoms with Crippen molar-refractivity contribution < 1.29 is 32.9 Å². The van der Waals surface area contributed by atoms with Crippen LogP contribution in [0, 0.1) is 0 Å². The molecule has 404 valence electrons. The number of carbonyl (C=O) groups excluding carboxylic acids is 1. The van der Waals surface area contributed by atoms with Gasteiger partial charge >= 0.3 is 7.82 Å². The number of phosphoric acid groups is 1. The molecule has 0 aromatic heterocycles. The molecule has 3 N–H and O–H groups in total. The molecule has 3 atom stereocenters. The third-order valence-electron chi connectivity index (χ3n) is 13.0. The summed E-state index contributed by atoms with van der Waals surface area (Å²) in [6, 6.07) is -0.775. The fourth-order valence-corrected chi connectivity index (χ4v) is 9.22. The average molecular weight is 991 g/mol. The molecule has 9 heteroatoms. The van der Waals surface area contributed by atoms with Crippen molar-refractivity contribution in [1.82, 2.24) is 5.32 Å². The van der Waals surface area contributed by atoms with E-state index in [1.54, 1.807) is 0 Å². The summed E-state index contributed by atoms with van der Waals surface area (Å²) >= 11 is 0. The van der Waals surface area contributed by atoms with Crippen molar-refractivity contribution in [3.63, 3.8) is 0 Å². The number of carbonyl (C=O) groups is 1. The lowest BCUT2D eigenvalue weighted by molar-refractivity contribution is -0.870. The van der Waals surface area contributed by atoms with Crippen LogP contribution in [0.1, 0.15) is 264 Å². The number of rotatable bonds is 53. The Bertz CT molecular complexity index is 1310. The molecule has 0 saturated heterocycles. The second kappa shape index (κ2) is 51.1. The van der Waals surface area contributed by atoms with Crippen LogP contribution >= 0.6 is 7.82 Å². The lowest BCUT2D eigenvalue weighted by Crippen LogP contribution is -2.46. The van der Waals surface area contributed by atoms with Crippen molar-refractivity contribution in [2.24, 2.45) is 0 Å². The van der Waals surface area contributed by atoms with Gasteiger partial charge in [0.25, 0.3) is 0 Å². The first-order chi connectivity index (χ1) is 33.5. The summed E-state index contributed by atoms with van der Waals surface area (Å²) in [5.74, 6) is -0.162. The number of nitrogens with one attached hydrogen (secondary N) is 1. The van der Waals surface area contributed by atoms with Crippen molar-refractivity contribution in [2.45, 2.75) is 276 Å². The van der Waals surface area contributed by atoms with Gasteiger partial charge in [-0.2, -0.15) is 0 Å². The van der Waals surface area contributed by atoms with Gasteiger partial charge in [0, 0.05) is 6.42 Å². The monoisotopic (exact) mass is 990 g/mol. The Morgan fingerprint density at radius 2 is 0.870 bits per heavy atom. The minimum absolute atomic E-state index is 0.0682. The zero-order chi connectivity index (χ0) is 50.6. The van der Waals surface area contributed by atoms with Crippen molar-refractivity contribution in [3.05, 3.63) is 60.8 Å². The second-order valence-corrected chi connectivity index (χ2v) is 22.4. The molecule has 0 bridgehead atoms. The normalized spacial score (nSPS) is 14.4. The number of phosphoric ester groups is 1. The van der Waals surface area contributed by atoms with Crippen LogP contribution < -0.4 is 5.32 Å². The Balaban J connectivity index is 4.19. The van der Waals surface area contributed by atoms with Gasteiger partial charge in [0.1, 0.15) is 13.2 Å². The van der Waals surface area contributed by atoms with E-state index in [1.807, 2.05) is 21.1 Å². The Hall–Kier alpha value is -1.80. The number of likely N-dealkylation sites (N-methyl/N-ethyl adjacent to an activating group) is 1. The first-order valence-electron chi connectivity index (χ1n) is 29.2. The summed E-state index contributed by atoms with van der Waals surface area (Å²) in [6.45, 7) is 4.78. The van der Waals surface area contributed by atoms with Crippen LogP contribution in [0.15, 0.2) is 60.8 Å². The van der Waals surface area contributed by atoms with Gasteiger partial charge in [-0.15, -0.1) is 0 Å². The molecule has 1 amide bonds. The van der Waals surface area contributed by atoms with E-state index in [2.05, 4.69) is 79.9 Å². The van der Waals surface area contributed by atoms with E-state index in [9.17, 15) is 19.4 Å². The number of amides is 1. The number of nitrogens with zero attached hydrogens (tertiary/aromatic N) is 1. The summed E-state index contributed by atoms with van der Waals surface area (Å²) in [5, 5.41) is 14.1. The van der Waals surface area contributed by atoms with Crippen LogP contribution in [0.25, 0.3) is 0 Å². The van der Waals surface area contributed by atoms with Gasteiger partial charge in [-0.05, 0) is 57.8 Å². The quantitative estimate of drug-likeness (QED) is 0.0243. The van der Waals surface area contributed by atoms with E-state index < -0.39 is 20.0 Å². The number of aliphatic hydroxyl groups is 1. The van der Waals surface area contributed by atoms with E-state index in [-0.39, 0.29) is 19.1 Å². The fraction of sp³-hybridized carbons (Fsp3) is 0.817. The summed E-state index contributed by atoms with van der Waals surface area (Å²) in [7, 11) is 1.60. The summed E-state index contributed by atoms with van der Waals surface area (Å²) in [4.78, 5) is 23.3. The highest BCUT2D eigenvalue weighted by atomic mass is 31.2. The number of unbranched alkanes of at least 4 members (excludes halogenated alkanes) is 30. The fourth-order valence-electron chi connectivity index (χ4n) is 8.49. The van der Waals surface area contributed by atoms with Crippen LogP contribution in [0.5, 0.6) is 0 Å². The van der Waals surface area contributed by atoms with Gasteiger partial charge in [-0.25, -0.2) is 4.57 Å². The molecule has 0 aliphatic rings. The van der Waals surface area contributed by atoms with Gasteiger partial charge < -0.3 is 19.8 Å². The van der Waals surface area contributed by atoms with Gasteiger partial charge in [-0.1, -0.05) is 261 Å². The van der Waals surface area contributed by atoms with Crippen LogP contribution in [-0.2, 0) is 18.4 Å². The molecular weight excluding hydrogens is 876 g/mol. The SMILES string of the molecule is CC/C=C\C/C=C\C/C=C\C/C=C\C/C=C\CCCCCCCC(=O)NC(COP(=O)(O)OCC[N+](C)(C)C)C(O)CCCCCCCCCCCCCCCCCCCCCCCCCCCC. The standard InChI is InChI=1S/C60H113N2O6P/c1-6-8-10-12-14-16-18-20-22-24-26-28-29-30-31-32-34-35-37-39-41-43-45-47-49-51-53-59(63)58(57-68-69(65,66)67-56-55-62(3,4)5)61-60(64)54-52-50-48-46-44-42-40-38-36-33-27-25-23-21-19-17-15-13-11-9-7-2/h9,11,15,17,21,23,27,33,38,40,58-59,63H,6-8,10,12-14,16,18-20,22,24-26,28-32,34-37,39,41-57H2,1-5H3,(H-,61,64,65,66)/p+1/b11-9-,17-15-,23-21-,33-27-,40-38-. The summed E-state index contributed by atoms with van der Waals surface area (Å²) in [6.07, 6.45) is 68.5. The highest BCUT2D eigenvalue weighted by molar-refractivity contribution is 7.47. The zero-order valence-electron chi connectivity index (χ0n) is 46.0.